The number of methoxy groups -OCH3 is 1. The molecule has 0 spiro atoms. The Labute approximate surface area is 151 Å². The molecule has 1 atom stereocenters. The van der Waals surface area contributed by atoms with Crippen LogP contribution in [0.3, 0.4) is 0 Å². The summed E-state index contributed by atoms with van der Waals surface area (Å²) in [5, 5.41) is 7.85. The highest BCUT2D eigenvalue weighted by atomic mass is 16.5. The van der Waals surface area contributed by atoms with E-state index in [0.29, 0.717) is 12.5 Å². The average molecular weight is 350 g/mol. The second-order valence-electron chi connectivity index (χ2n) is 8.94. The largest absolute Gasteiger partial charge is 0.497 e. The van der Waals surface area contributed by atoms with Crippen molar-refractivity contribution in [3.63, 3.8) is 0 Å². The van der Waals surface area contributed by atoms with Gasteiger partial charge in [0.2, 0.25) is 5.91 Å². The second-order valence-corrected chi connectivity index (χ2v) is 8.94. The molecule has 0 aliphatic carbocycles. The molecule has 0 aromatic heterocycles. The van der Waals surface area contributed by atoms with E-state index in [2.05, 4.69) is 50.6 Å². The minimum atomic E-state index is 0.0536. The number of rotatable bonds is 6. The van der Waals surface area contributed by atoms with Gasteiger partial charge < -0.3 is 20.7 Å². The fraction of sp³-hybridized carbons (Fsp3) is 0.650. The average Bonchev–Trinajstić information content (AvgIpc) is 2.43. The van der Waals surface area contributed by atoms with Gasteiger partial charge in [-0.15, -0.1) is 0 Å². The molecule has 25 heavy (non-hydrogen) atoms. The number of hydrogen-bond acceptors (Lipinski definition) is 2. The molecule has 5 nitrogen and oxygen atoms in total. The Morgan fingerprint density at radius 1 is 1.32 bits per heavy atom. The lowest BCUT2D eigenvalue weighted by molar-refractivity contribution is -0.819. The summed E-state index contributed by atoms with van der Waals surface area (Å²) in [5.41, 5.74) is 1.29. The monoisotopic (exact) mass is 349 g/mol. The SMILES string of the molecule is COc1cccc(NC(=O)C[C@H](C)[NH2+]C2CC(C)(C)[NH2+]C(C)(C)C2)c1. The molecule has 1 aliphatic heterocycles. The molecule has 1 aromatic carbocycles. The zero-order chi connectivity index (χ0) is 18.7. The Bertz CT molecular complexity index is 582. The molecule has 1 aromatic rings. The number of amides is 1. The van der Waals surface area contributed by atoms with Crippen LogP contribution in [0, 0.1) is 0 Å². The third-order valence-electron chi connectivity index (χ3n) is 4.82. The lowest BCUT2D eigenvalue weighted by Gasteiger charge is -2.42. The molecule has 1 saturated heterocycles. The molecule has 1 fully saturated rings. The molecule has 1 aliphatic rings. The van der Waals surface area contributed by atoms with Gasteiger partial charge >= 0.3 is 0 Å². The summed E-state index contributed by atoms with van der Waals surface area (Å²) in [6, 6.07) is 8.31. The van der Waals surface area contributed by atoms with Crippen molar-refractivity contribution < 1.29 is 20.2 Å². The lowest BCUT2D eigenvalue weighted by Crippen LogP contribution is -3.10. The van der Waals surface area contributed by atoms with Gasteiger partial charge in [-0.3, -0.25) is 4.79 Å². The van der Waals surface area contributed by atoms with Crippen molar-refractivity contribution in [2.45, 2.75) is 77.0 Å². The summed E-state index contributed by atoms with van der Waals surface area (Å²) in [6.07, 6.45) is 2.84. The Morgan fingerprint density at radius 3 is 2.56 bits per heavy atom. The van der Waals surface area contributed by atoms with E-state index in [1.165, 1.54) is 0 Å². The van der Waals surface area contributed by atoms with Gasteiger partial charge in [0.05, 0.1) is 49.5 Å². The van der Waals surface area contributed by atoms with E-state index >= 15 is 0 Å². The van der Waals surface area contributed by atoms with Crippen molar-refractivity contribution in [1.82, 2.24) is 0 Å². The van der Waals surface area contributed by atoms with Crippen molar-refractivity contribution in [3.8, 4) is 5.75 Å². The van der Waals surface area contributed by atoms with Crippen LogP contribution < -0.4 is 20.7 Å². The predicted octanol–water partition coefficient (Wildman–Crippen LogP) is 1.26. The van der Waals surface area contributed by atoms with Gasteiger partial charge in [-0.25, -0.2) is 0 Å². The van der Waals surface area contributed by atoms with Crippen molar-refractivity contribution in [2.24, 2.45) is 0 Å². The summed E-state index contributed by atoms with van der Waals surface area (Å²) in [4.78, 5) is 12.3. The van der Waals surface area contributed by atoms with Gasteiger partial charge in [-0.2, -0.15) is 0 Å². The fourth-order valence-corrected chi connectivity index (χ4v) is 4.47. The zero-order valence-corrected chi connectivity index (χ0v) is 16.6. The number of nitrogens with one attached hydrogen (secondary N) is 1. The third kappa shape index (κ3) is 6.33. The van der Waals surface area contributed by atoms with Crippen LogP contribution in [0.1, 0.15) is 53.9 Å². The number of benzene rings is 1. The van der Waals surface area contributed by atoms with Crippen LogP contribution >= 0.6 is 0 Å². The minimum Gasteiger partial charge on any atom is -0.497 e. The van der Waals surface area contributed by atoms with Crippen LogP contribution in [0.2, 0.25) is 0 Å². The third-order valence-corrected chi connectivity index (χ3v) is 4.82. The summed E-state index contributed by atoms with van der Waals surface area (Å²) in [7, 11) is 1.63. The summed E-state index contributed by atoms with van der Waals surface area (Å²) >= 11 is 0. The highest BCUT2D eigenvalue weighted by Gasteiger charge is 2.43. The van der Waals surface area contributed by atoms with Gasteiger partial charge in [0.1, 0.15) is 5.75 Å². The highest BCUT2D eigenvalue weighted by Crippen LogP contribution is 2.20. The van der Waals surface area contributed by atoms with Crippen molar-refractivity contribution in [3.05, 3.63) is 24.3 Å². The first-order valence-electron chi connectivity index (χ1n) is 9.24. The minimum absolute atomic E-state index is 0.0536. The molecule has 0 bridgehead atoms. The van der Waals surface area contributed by atoms with Crippen LogP contribution in [-0.4, -0.2) is 36.2 Å². The number of quaternary nitrogens is 2. The number of carbonyl (C=O) groups excluding carboxylic acids is 1. The Morgan fingerprint density at radius 2 is 1.96 bits per heavy atom. The van der Waals surface area contributed by atoms with Crippen molar-refractivity contribution in [2.75, 3.05) is 12.4 Å². The maximum Gasteiger partial charge on any atom is 0.230 e. The maximum atomic E-state index is 12.3. The van der Waals surface area contributed by atoms with Gasteiger partial charge in [-0.1, -0.05) is 6.07 Å². The number of carbonyl (C=O) groups is 1. The number of anilines is 1. The van der Waals surface area contributed by atoms with E-state index in [9.17, 15) is 4.79 Å². The molecular formula is C20H35N3O2+2. The van der Waals surface area contributed by atoms with Crippen LogP contribution in [0.4, 0.5) is 5.69 Å². The van der Waals surface area contributed by atoms with Crippen LogP contribution in [0.25, 0.3) is 0 Å². The molecule has 2 rings (SSSR count). The molecule has 0 radical (unpaired) electrons. The standard InChI is InChI=1S/C20H33N3O2/c1-14(21-16-12-19(2,3)23-20(4,5)13-16)10-18(24)22-15-8-7-9-17(11-15)25-6/h7-9,11,14,16,21,23H,10,12-13H2,1-6H3,(H,22,24)/p+2/t14-/m0/s1. The molecule has 1 heterocycles. The zero-order valence-electron chi connectivity index (χ0n) is 16.6. The molecular weight excluding hydrogens is 314 g/mol. The smallest absolute Gasteiger partial charge is 0.230 e. The molecule has 5 heteroatoms. The van der Waals surface area contributed by atoms with E-state index in [4.69, 9.17) is 4.74 Å². The summed E-state index contributed by atoms with van der Waals surface area (Å²) in [6.45, 7) is 11.4. The van der Waals surface area contributed by atoms with E-state index in [1.807, 2.05) is 24.3 Å². The maximum absolute atomic E-state index is 12.3. The number of hydrogen-bond donors (Lipinski definition) is 3. The quantitative estimate of drug-likeness (QED) is 0.723. The van der Waals surface area contributed by atoms with Gasteiger partial charge in [0.25, 0.3) is 0 Å². The molecule has 0 unspecified atom stereocenters. The van der Waals surface area contributed by atoms with Crippen LogP contribution in [0.15, 0.2) is 24.3 Å². The Kier molecular flexibility index (Phi) is 6.12. The highest BCUT2D eigenvalue weighted by molar-refractivity contribution is 5.91. The van der Waals surface area contributed by atoms with Crippen LogP contribution in [0.5, 0.6) is 5.75 Å². The van der Waals surface area contributed by atoms with E-state index < -0.39 is 0 Å². The Hall–Kier alpha value is -1.59. The van der Waals surface area contributed by atoms with E-state index in [-0.39, 0.29) is 23.0 Å². The second kappa shape index (κ2) is 7.75. The fourth-order valence-electron chi connectivity index (χ4n) is 4.47. The first-order chi connectivity index (χ1) is 11.6. The normalized spacial score (nSPS) is 20.7. The molecule has 0 saturated carbocycles. The Balaban J connectivity index is 1.86. The van der Waals surface area contributed by atoms with Crippen molar-refractivity contribution in [1.29, 1.82) is 0 Å². The molecule has 140 valence electrons. The lowest BCUT2D eigenvalue weighted by atomic mass is 9.79. The topological polar surface area (TPSA) is 71.5 Å². The van der Waals surface area contributed by atoms with Crippen molar-refractivity contribution >= 4 is 11.6 Å². The summed E-state index contributed by atoms with van der Waals surface area (Å²) in [5.74, 6) is 0.804. The number of ether oxygens (including phenoxy) is 1. The molecule has 5 N–H and O–H groups in total. The van der Waals surface area contributed by atoms with Gasteiger partial charge in [0, 0.05) is 11.8 Å². The molecule has 1 amide bonds. The van der Waals surface area contributed by atoms with Gasteiger partial charge in [0.15, 0.2) is 0 Å². The number of nitrogens with two attached hydrogens (primary N) is 2. The predicted molar refractivity (Wildman–Crippen MR) is 101 cm³/mol. The number of piperidine rings is 1. The first kappa shape index (κ1) is 19.7. The van der Waals surface area contributed by atoms with Crippen LogP contribution in [-0.2, 0) is 4.79 Å². The summed E-state index contributed by atoms with van der Waals surface area (Å²) < 4.78 is 5.20. The van der Waals surface area contributed by atoms with Gasteiger partial charge in [-0.05, 0) is 46.8 Å². The van der Waals surface area contributed by atoms with E-state index in [1.54, 1.807) is 7.11 Å². The van der Waals surface area contributed by atoms with E-state index in [0.717, 1.165) is 24.3 Å². The first-order valence-corrected chi connectivity index (χ1v) is 9.24.